The predicted octanol–water partition coefficient (Wildman–Crippen LogP) is 2.63. The minimum Gasteiger partial charge on any atom is -0.295 e. The molecule has 60 valence electrons. The molecule has 0 atom stereocenters. The Bertz CT molecular complexity index is 177. The van der Waals surface area contributed by atoms with Crippen molar-refractivity contribution in [2.75, 3.05) is 0 Å². The van der Waals surface area contributed by atoms with E-state index >= 15 is 0 Å². The van der Waals surface area contributed by atoms with E-state index in [-0.39, 0.29) is 5.78 Å². The summed E-state index contributed by atoms with van der Waals surface area (Å²) in [7, 11) is 0. The molecule has 1 heteroatoms. The molecule has 0 unspecified atom stereocenters. The van der Waals surface area contributed by atoms with Gasteiger partial charge >= 0.3 is 0 Å². The van der Waals surface area contributed by atoms with Crippen LogP contribution in [0.4, 0.5) is 0 Å². The lowest BCUT2D eigenvalue weighted by Gasteiger charge is -1.97. The Labute approximate surface area is 67.8 Å². The van der Waals surface area contributed by atoms with Crippen LogP contribution < -0.4 is 0 Å². The van der Waals surface area contributed by atoms with Crippen molar-refractivity contribution in [1.82, 2.24) is 0 Å². The highest BCUT2D eigenvalue weighted by atomic mass is 16.1. The van der Waals surface area contributed by atoms with Gasteiger partial charge in [-0.1, -0.05) is 24.6 Å². The summed E-state index contributed by atoms with van der Waals surface area (Å²) < 4.78 is 0. The smallest absolute Gasteiger partial charge is 0.155 e. The van der Waals surface area contributed by atoms with Gasteiger partial charge in [-0.05, 0) is 25.3 Å². The zero-order chi connectivity index (χ0) is 7.94. The monoisotopic (exact) mass is 150 g/mol. The first-order valence-electron chi connectivity index (χ1n) is 4.25. The number of ketones is 1. The molecule has 11 heavy (non-hydrogen) atoms. The molecule has 0 N–H and O–H groups in total. The molecule has 0 aromatic rings. The maximum atomic E-state index is 11.0. The molecule has 1 aliphatic carbocycles. The Morgan fingerprint density at radius 1 is 1.09 bits per heavy atom. The SMILES string of the molecule is O=C1/C=C/C=C\CCCCC1. The van der Waals surface area contributed by atoms with Gasteiger partial charge in [0.25, 0.3) is 0 Å². The van der Waals surface area contributed by atoms with Crippen LogP contribution in [0.5, 0.6) is 0 Å². The van der Waals surface area contributed by atoms with E-state index in [0.29, 0.717) is 0 Å². The number of carbonyl (C=O) groups is 1. The molecular formula is C10H14O. The van der Waals surface area contributed by atoms with E-state index in [1.165, 1.54) is 12.8 Å². The standard InChI is InChI=1S/C10H14O/c11-10-8-6-4-2-1-3-5-7-9-10/h2,4,6,8H,1,3,5,7,9H2/b4-2-,8-6+. The highest BCUT2D eigenvalue weighted by Gasteiger charge is 1.96. The fourth-order valence-corrected chi connectivity index (χ4v) is 1.16. The summed E-state index contributed by atoms with van der Waals surface area (Å²) in [5.41, 5.74) is 0. The lowest BCUT2D eigenvalue weighted by molar-refractivity contribution is -0.114. The van der Waals surface area contributed by atoms with Gasteiger partial charge in [0.1, 0.15) is 0 Å². The lowest BCUT2D eigenvalue weighted by atomic mass is 10.1. The first-order chi connectivity index (χ1) is 5.39. The Kier molecular flexibility index (Phi) is 3.67. The van der Waals surface area contributed by atoms with Crippen LogP contribution in [-0.4, -0.2) is 5.78 Å². The molecule has 0 fully saturated rings. The van der Waals surface area contributed by atoms with Crippen LogP contribution in [0, 0.1) is 0 Å². The number of hydrogen-bond acceptors (Lipinski definition) is 1. The maximum Gasteiger partial charge on any atom is 0.155 e. The van der Waals surface area contributed by atoms with Crippen LogP contribution in [-0.2, 0) is 4.79 Å². The third-order valence-corrected chi connectivity index (χ3v) is 1.82. The van der Waals surface area contributed by atoms with Crippen LogP contribution in [0.1, 0.15) is 32.1 Å². The van der Waals surface area contributed by atoms with E-state index in [2.05, 4.69) is 6.08 Å². The van der Waals surface area contributed by atoms with Crippen molar-refractivity contribution in [1.29, 1.82) is 0 Å². The molecule has 0 bridgehead atoms. The van der Waals surface area contributed by atoms with Crippen molar-refractivity contribution in [3.63, 3.8) is 0 Å². The predicted molar refractivity (Wildman–Crippen MR) is 46.4 cm³/mol. The molecule has 0 heterocycles. The van der Waals surface area contributed by atoms with Gasteiger partial charge < -0.3 is 0 Å². The summed E-state index contributed by atoms with van der Waals surface area (Å²) in [5, 5.41) is 0. The van der Waals surface area contributed by atoms with E-state index in [4.69, 9.17) is 0 Å². The minimum atomic E-state index is 0.261. The van der Waals surface area contributed by atoms with Crippen LogP contribution in [0.2, 0.25) is 0 Å². The van der Waals surface area contributed by atoms with E-state index in [1.807, 2.05) is 12.2 Å². The summed E-state index contributed by atoms with van der Waals surface area (Å²) in [6.07, 6.45) is 12.9. The number of hydrogen-bond donors (Lipinski definition) is 0. The van der Waals surface area contributed by atoms with Gasteiger partial charge in [-0.15, -0.1) is 0 Å². The Morgan fingerprint density at radius 2 is 2.00 bits per heavy atom. The minimum absolute atomic E-state index is 0.261. The van der Waals surface area contributed by atoms with Crippen LogP contribution in [0.3, 0.4) is 0 Å². The van der Waals surface area contributed by atoms with Gasteiger partial charge in [0.2, 0.25) is 0 Å². The Balaban J connectivity index is 2.44. The summed E-state index contributed by atoms with van der Waals surface area (Å²) in [6.45, 7) is 0. The van der Waals surface area contributed by atoms with Crippen LogP contribution in [0.25, 0.3) is 0 Å². The normalized spacial score (nSPS) is 26.0. The van der Waals surface area contributed by atoms with Gasteiger partial charge in [-0.3, -0.25) is 4.79 Å². The van der Waals surface area contributed by atoms with E-state index in [9.17, 15) is 4.79 Å². The average molecular weight is 150 g/mol. The summed E-state index contributed by atoms with van der Waals surface area (Å²) in [4.78, 5) is 11.0. The largest absolute Gasteiger partial charge is 0.295 e. The molecule has 0 aliphatic heterocycles. The van der Waals surface area contributed by atoms with Crippen molar-refractivity contribution in [3.8, 4) is 0 Å². The topological polar surface area (TPSA) is 17.1 Å². The highest BCUT2D eigenvalue weighted by molar-refractivity contribution is 5.89. The molecule has 0 radical (unpaired) electrons. The van der Waals surface area contributed by atoms with Crippen molar-refractivity contribution in [2.45, 2.75) is 32.1 Å². The molecule has 0 saturated heterocycles. The Morgan fingerprint density at radius 3 is 2.91 bits per heavy atom. The first-order valence-corrected chi connectivity index (χ1v) is 4.25. The fourth-order valence-electron chi connectivity index (χ4n) is 1.16. The van der Waals surface area contributed by atoms with Gasteiger partial charge in [-0.2, -0.15) is 0 Å². The maximum absolute atomic E-state index is 11.0. The van der Waals surface area contributed by atoms with E-state index < -0.39 is 0 Å². The second-order valence-electron chi connectivity index (χ2n) is 2.85. The van der Waals surface area contributed by atoms with E-state index in [1.54, 1.807) is 6.08 Å². The lowest BCUT2D eigenvalue weighted by Crippen LogP contribution is -1.92. The zero-order valence-corrected chi connectivity index (χ0v) is 6.75. The summed E-state index contributed by atoms with van der Waals surface area (Å²) in [5.74, 6) is 0.261. The van der Waals surface area contributed by atoms with Crippen molar-refractivity contribution >= 4 is 5.78 Å². The first kappa shape index (κ1) is 8.25. The highest BCUT2D eigenvalue weighted by Crippen LogP contribution is 2.06. The molecule has 1 aliphatic rings. The molecule has 0 aromatic heterocycles. The quantitative estimate of drug-likeness (QED) is 0.518. The zero-order valence-electron chi connectivity index (χ0n) is 6.75. The van der Waals surface area contributed by atoms with Gasteiger partial charge in [0, 0.05) is 6.42 Å². The van der Waals surface area contributed by atoms with Crippen LogP contribution >= 0.6 is 0 Å². The summed E-state index contributed by atoms with van der Waals surface area (Å²) in [6, 6.07) is 0. The average Bonchev–Trinajstić information content (AvgIpc) is 2.03. The molecule has 0 saturated carbocycles. The third-order valence-electron chi connectivity index (χ3n) is 1.82. The number of allylic oxidation sites excluding steroid dienone is 4. The van der Waals surface area contributed by atoms with Gasteiger partial charge in [0.15, 0.2) is 5.78 Å². The Hall–Kier alpha value is -0.850. The molecule has 0 aromatic carbocycles. The molecule has 1 nitrogen and oxygen atoms in total. The van der Waals surface area contributed by atoms with Crippen molar-refractivity contribution in [3.05, 3.63) is 24.3 Å². The molecular weight excluding hydrogens is 136 g/mol. The van der Waals surface area contributed by atoms with E-state index in [0.717, 1.165) is 19.3 Å². The van der Waals surface area contributed by atoms with Crippen molar-refractivity contribution in [2.24, 2.45) is 0 Å². The molecule has 1 rings (SSSR count). The second kappa shape index (κ2) is 4.89. The summed E-state index contributed by atoms with van der Waals surface area (Å²) >= 11 is 0. The van der Waals surface area contributed by atoms with Gasteiger partial charge in [-0.25, -0.2) is 0 Å². The van der Waals surface area contributed by atoms with Crippen molar-refractivity contribution < 1.29 is 4.79 Å². The molecule has 0 amide bonds. The van der Waals surface area contributed by atoms with Crippen LogP contribution in [0.15, 0.2) is 24.3 Å². The number of carbonyl (C=O) groups excluding carboxylic acids is 1. The number of rotatable bonds is 0. The fraction of sp³-hybridized carbons (Fsp3) is 0.500. The molecule has 0 spiro atoms. The third kappa shape index (κ3) is 3.76. The second-order valence-corrected chi connectivity index (χ2v) is 2.85. The van der Waals surface area contributed by atoms with Gasteiger partial charge in [0.05, 0.1) is 0 Å².